The minimum absolute atomic E-state index is 0.150. The third-order valence-corrected chi connectivity index (χ3v) is 2.16. The zero-order valence-corrected chi connectivity index (χ0v) is 13.3. The molecule has 0 aliphatic carbocycles. The summed E-state index contributed by atoms with van der Waals surface area (Å²) in [5.74, 6) is -1.54. The molecule has 122 valence electrons. The number of anilines is 1. The van der Waals surface area contributed by atoms with Crippen molar-refractivity contribution < 1.29 is 29.0 Å². The number of esters is 2. The molecule has 1 heterocycles. The number of ether oxygens (including phenoxy) is 2. The van der Waals surface area contributed by atoms with Crippen LogP contribution in [0.3, 0.4) is 0 Å². The maximum absolute atomic E-state index is 11.7. The van der Waals surface area contributed by atoms with E-state index in [1.54, 1.807) is 26.0 Å². The van der Waals surface area contributed by atoms with Gasteiger partial charge in [0.05, 0.1) is 13.2 Å². The number of pyridine rings is 1. The van der Waals surface area contributed by atoms with Crippen LogP contribution in [0.5, 0.6) is 0 Å². The van der Waals surface area contributed by atoms with Crippen LogP contribution in [0.1, 0.15) is 27.7 Å². The van der Waals surface area contributed by atoms with E-state index in [-0.39, 0.29) is 18.8 Å². The zero-order valence-electron chi connectivity index (χ0n) is 13.3. The summed E-state index contributed by atoms with van der Waals surface area (Å²) in [6, 6.07) is 3.24. The average molecular weight is 311 g/mol. The van der Waals surface area contributed by atoms with Gasteiger partial charge in [0.15, 0.2) is 5.57 Å². The van der Waals surface area contributed by atoms with Gasteiger partial charge in [-0.1, -0.05) is 13.8 Å². The van der Waals surface area contributed by atoms with Crippen LogP contribution in [0, 0.1) is 0 Å². The number of nitrogens with one attached hydrogen (secondary N) is 1. The van der Waals surface area contributed by atoms with Crippen molar-refractivity contribution in [2.24, 2.45) is 0 Å². The van der Waals surface area contributed by atoms with E-state index in [0.29, 0.717) is 5.69 Å². The average Bonchev–Trinajstić information content (AvgIpc) is 2.50. The molecule has 1 aromatic rings. The van der Waals surface area contributed by atoms with Gasteiger partial charge in [-0.25, -0.2) is 9.59 Å². The highest BCUT2D eigenvalue weighted by molar-refractivity contribution is 6.14. The van der Waals surface area contributed by atoms with Gasteiger partial charge >= 0.3 is 11.9 Å². The summed E-state index contributed by atoms with van der Waals surface area (Å²) in [4.78, 5) is 23.3. The third-order valence-electron chi connectivity index (χ3n) is 2.16. The van der Waals surface area contributed by atoms with Gasteiger partial charge in [0.25, 0.3) is 0 Å². The zero-order chi connectivity index (χ0) is 17.0. The fourth-order valence-corrected chi connectivity index (χ4v) is 1.32. The first-order chi connectivity index (χ1) is 10.6. The normalized spacial score (nSPS) is 8.91. The van der Waals surface area contributed by atoms with Crippen LogP contribution < -0.4 is 10.0 Å². The maximum atomic E-state index is 11.7. The Labute approximate surface area is 130 Å². The van der Waals surface area contributed by atoms with Crippen LogP contribution in [0.15, 0.2) is 36.3 Å². The second-order valence-corrected chi connectivity index (χ2v) is 3.62. The molecule has 0 fully saturated rings. The molecule has 0 aromatic carbocycles. The lowest BCUT2D eigenvalue weighted by Crippen LogP contribution is -2.28. The quantitative estimate of drug-likeness (QED) is 0.207. The fraction of sp³-hybridized carbons (Fsp3) is 0.400. The van der Waals surface area contributed by atoms with Crippen LogP contribution in [-0.2, 0) is 19.1 Å². The number of hydrogen-bond donors (Lipinski definition) is 2. The van der Waals surface area contributed by atoms with Crippen molar-refractivity contribution in [1.82, 2.24) is 0 Å². The number of hydrogen-bond acceptors (Lipinski definition) is 6. The molecule has 0 spiro atoms. The summed E-state index contributed by atoms with van der Waals surface area (Å²) in [6.45, 7) is 7.58. The van der Waals surface area contributed by atoms with Crippen molar-refractivity contribution in [1.29, 1.82) is 0 Å². The first-order valence-electron chi connectivity index (χ1n) is 7.10. The van der Waals surface area contributed by atoms with Crippen LogP contribution in [0.25, 0.3) is 0 Å². The Morgan fingerprint density at radius 2 is 1.77 bits per heavy atom. The van der Waals surface area contributed by atoms with E-state index in [4.69, 9.17) is 9.47 Å². The Balaban J connectivity index is 0.00000211. The van der Waals surface area contributed by atoms with Crippen LogP contribution in [-0.4, -0.2) is 30.4 Å². The molecule has 7 heteroatoms. The predicted octanol–water partition coefficient (Wildman–Crippen LogP) is 1.66. The molecule has 0 radical (unpaired) electrons. The SMILES string of the molecule is CC.CCOC(=O)C(=CNc1ccc[n+](O)c1)C(=O)OCC. The molecule has 1 rings (SSSR count). The minimum Gasteiger partial charge on any atom is -0.462 e. The molecular formula is C15H23N2O5+. The van der Waals surface area contributed by atoms with Gasteiger partial charge in [0.2, 0.25) is 12.4 Å². The van der Waals surface area contributed by atoms with Crippen molar-refractivity contribution in [3.8, 4) is 0 Å². The van der Waals surface area contributed by atoms with Gasteiger partial charge in [-0.05, 0) is 19.9 Å². The second-order valence-electron chi connectivity index (χ2n) is 3.62. The fourth-order valence-electron chi connectivity index (χ4n) is 1.32. The molecule has 22 heavy (non-hydrogen) atoms. The number of aromatic nitrogens is 1. The highest BCUT2D eigenvalue weighted by Crippen LogP contribution is 2.06. The van der Waals surface area contributed by atoms with E-state index < -0.39 is 11.9 Å². The van der Waals surface area contributed by atoms with E-state index in [1.165, 1.54) is 18.6 Å². The van der Waals surface area contributed by atoms with E-state index in [9.17, 15) is 14.8 Å². The van der Waals surface area contributed by atoms with Crippen LogP contribution in [0.2, 0.25) is 0 Å². The first kappa shape index (κ1) is 19.4. The topological polar surface area (TPSA) is 88.7 Å². The summed E-state index contributed by atoms with van der Waals surface area (Å²) >= 11 is 0. The molecule has 7 nitrogen and oxygen atoms in total. The van der Waals surface area contributed by atoms with Gasteiger partial charge in [0.1, 0.15) is 5.69 Å². The Hall–Kier alpha value is -2.57. The standard InChI is InChI=1S/C13H16N2O5.C2H6/c1-3-19-12(16)11(13(17)20-4-2)8-14-10-6-5-7-15(18)9-10;1-2/h5-9H,3-4H2,1-2H3,(H-,14,16,17,18);1-2H3/p+1. The lowest BCUT2D eigenvalue weighted by Gasteiger charge is -2.06. The molecule has 0 amide bonds. The van der Waals surface area contributed by atoms with Crippen molar-refractivity contribution >= 4 is 17.6 Å². The monoisotopic (exact) mass is 311 g/mol. The van der Waals surface area contributed by atoms with Gasteiger partial charge in [-0.3, -0.25) is 5.21 Å². The number of rotatable bonds is 6. The van der Waals surface area contributed by atoms with Crippen LogP contribution >= 0.6 is 0 Å². The molecule has 0 aliphatic heterocycles. The number of carbonyl (C=O) groups is 2. The van der Waals surface area contributed by atoms with Crippen molar-refractivity contribution in [2.45, 2.75) is 27.7 Å². The Morgan fingerprint density at radius 3 is 2.23 bits per heavy atom. The number of nitrogens with zero attached hydrogens (tertiary/aromatic N) is 1. The molecule has 0 atom stereocenters. The van der Waals surface area contributed by atoms with Gasteiger partial charge in [-0.15, -0.1) is 0 Å². The molecular weight excluding hydrogens is 288 g/mol. The van der Waals surface area contributed by atoms with Crippen molar-refractivity contribution in [3.63, 3.8) is 0 Å². The number of carbonyl (C=O) groups excluding carboxylic acids is 2. The van der Waals surface area contributed by atoms with E-state index in [2.05, 4.69) is 5.32 Å². The van der Waals surface area contributed by atoms with Crippen molar-refractivity contribution in [2.75, 3.05) is 18.5 Å². The third kappa shape index (κ3) is 6.74. The molecule has 0 bridgehead atoms. The maximum Gasteiger partial charge on any atom is 0.347 e. The van der Waals surface area contributed by atoms with Gasteiger partial charge < -0.3 is 14.8 Å². The molecule has 0 unspecified atom stereocenters. The van der Waals surface area contributed by atoms with E-state index in [1.807, 2.05) is 13.8 Å². The summed E-state index contributed by atoms with van der Waals surface area (Å²) in [5.41, 5.74) is 0.239. The molecule has 1 aromatic heterocycles. The predicted molar refractivity (Wildman–Crippen MR) is 80.1 cm³/mol. The highest BCUT2D eigenvalue weighted by Gasteiger charge is 2.21. The Kier molecular flexibility index (Phi) is 9.83. The largest absolute Gasteiger partial charge is 0.462 e. The minimum atomic E-state index is -0.772. The summed E-state index contributed by atoms with van der Waals surface area (Å²) in [5, 5.41) is 12.0. The molecule has 0 saturated carbocycles. The lowest BCUT2D eigenvalue weighted by atomic mass is 10.3. The van der Waals surface area contributed by atoms with Crippen LogP contribution in [0.4, 0.5) is 5.69 Å². The molecule has 2 N–H and O–H groups in total. The molecule has 0 saturated heterocycles. The smallest absolute Gasteiger partial charge is 0.347 e. The lowest BCUT2D eigenvalue weighted by molar-refractivity contribution is -0.904. The first-order valence-corrected chi connectivity index (χ1v) is 7.10. The Morgan fingerprint density at radius 1 is 1.23 bits per heavy atom. The Bertz CT molecular complexity index is 494. The van der Waals surface area contributed by atoms with Gasteiger partial charge in [0, 0.05) is 17.0 Å². The second kappa shape index (κ2) is 11.1. The van der Waals surface area contributed by atoms with Crippen molar-refractivity contribution in [3.05, 3.63) is 36.3 Å². The highest BCUT2D eigenvalue weighted by atomic mass is 16.6. The van der Waals surface area contributed by atoms with E-state index >= 15 is 0 Å². The summed E-state index contributed by atoms with van der Waals surface area (Å²) in [6.07, 6.45) is 3.97. The molecule has 0 aliphatic rings. The van der Waals surface area contributed by atoms with Gasteiger partial charge in [-0.2, -0.15) is 0 Å². The summed E-state index contributed by atoms with van der Waals surface area (Å²) in [7, 11) is 0. The summed E-state index contributed by atoms with van der Waals surface area (Å²) < 4.78 is 10.4. The van der Waals surface area contributed by atoms with E-state index in [0.717, 1.165) is 4.73 Å².